The molecule has 1 N–H and O–H groups in total. The van der Waals surface area contributed by atoms with Crippen molar-refractivity contribution < 1.29 is 9.52 Å². The normalized spacial score (nSPS) is 13.7. The Kier molecular flexibility index (Phi) is 1.78. The molecule has 1 atom stereocenters. The van der Waals surface area contributed by atoms with Crippen LogP contribution in [0.5, 0.6) is 0 Å². The van der Waals surface area contributed by atoms with Gasteiger partial charge in [-0.25, -0.2) is 0 Å². The van der Waals surface area contributed by atoms with Crippen LogP contribution in [0.3, 0.4) is 0 Å². The predicted molar refractivity (Wildman–Crippen MR) is 34.4 cm³/mol. The highest BCUT2D eigenvalue weighted by Gasteiger charge is 2.07. The highest BCUT2D eigenvalue weighted by atomic mass is 35.5. The van der Waals surface area contributed by atoms with Crippen LogP contribution in [0.4, 0.5) is 0 Å². The first-order valence-corrected chi connectivity index (χ1v) is 3.00. The minimum atomic E-state index is -0.545. The van der Waals surface area contributed by atoms with E-state index in [4.69, 9.17) is 21.1 Å². The van der Waals surface area contributed by atoms with E-state index in [1.807, 2.05) is 0 Å². The van der Waals surface area contributed by atoms with Gasteiger partial charge in [-0.2, -0.15) is 0 Å². The summed E-state index contributed by atoms with van der Waals surface area (Å²) in [7, 11) is 0. The minimum Gasteiger partial charge on any atom is -0.453 e. The zero-order chi connectivity index (χ0) is 6.85. The Morgan fingerprint density at radius 2 is 2.44 bits per heavy atom. The smallest absolute Gasteiger partial charge is 0.198 e. The van der Waals surface area contributed by atoms with Crippen molar-refractivity contribution in [3.63, 3.8) is 0 Å². The second-order valence-corrected chi connectivity index (χ2v) is 2.17. The van der Waals surface area contributed by atoms with Crippen LogP contribution in [0, 0.1) is 0 Å². The molecule has 1 aromatic rings. The molecule has 1 heterocycles. The number of aliphatic hydroxyl groups excluding tert-OH is 1. The molecule has 0 spiro atoms. The van der Waals surface area contributed by atoms with Gasteiger partial charge in [-0.1, -0.05) is 0 Å². The first-order valence-electron chi connectivity index (χ1n) is 2.63. The maximum Gasteiger partial charge on any atom is 0.198 e. The molecule has 0 fully saturated rings. The van der Waals surface area contributed by atoms with Gasteiger partial charge < -0.3 is 9.52 Å². The molecule has 0 aliphatic rings. The summed E-state index contributed by atoms with van der Waals surface area (Å²) in [6.45, 7) is 1.64. The molecular weight excluding hydrogens is 140 g/mol. The van der Waals surface area contributed by atoms with Crippen LogP contribution >= 0.6 is 11.6 Å². The molecule has 0 aliphatic carbocycles. The fraction of sp³-hybridized carbons (Fsp3) is 0.333. The molecule has 3 heteroatoms. The van der Waals surface area contributed by atoms with Gasteiger partial charge in [0.1, 0.15) is 0 Å². The van der Waals surface area contributed by atoms with E-state index in [1.165, 1.54) is 6.26 Å². The first-order chi connectivity index (χ1) is 4.22. The van der Waals surface area contributed by atoms with E-state index in [9.17, 15) is 0 Å². The van der Waals surface area contributed by atoms with Crippen molar-refractivity contribution in [1.29, 1.82) is 0 Å². The predicted octanol–water partition coefficient (Wildman–Crippen LogP) is 1.99. The summed E-state index contributed by atoms with van der Waals surface area (Å²) in [5.74, 6) is 0. The van der Waals surface area contributed by atoms with Crippen molar-refractivity contribution >= 4 is 11.6 Å². The number of aliphatic hydroxyl groups is 1. The summed E-state index contributed by atoms with van der Waals surface area (Å²) >= 11 is 5.51. The standard InChI is InChI=1S/C6H7ClO2/c1-4(8)5-2-3-9-6(5)7/h2-4,8H,1H3. The average molecular weight is 147 g/mol. The van der Waals surface area contributed by atoms with Gasteiger partial charge in [0.2, 0.25) is 0 Å². The van der Waals surface area contributed by atoms with Crippen LogP contribution < -0.4 is 0 Å². The third kappa shape index (κ3) is 1.26. The summed E-state index contributed by atoms with van der Waals surface area (Å²) in [4.78, 5) is 0. The second kappa shape index (κ2) is 2.42. The highest BCUT2D eigenvalue weighted by molar-refractivity contribution is 6.29. The Morgan fingerprint density at radius 1 is 1.78 bits per heavy atom. The summed E-state index contributed by atoms with van der Waals surface area (Å²) in [6, 6.07) is 1.65. The van der Waals surface area contributed by atoms with E-state index in [1.54, 1.807) is 13.0 Å². The lowest BCUT2D eigenvalue weighted by Crippen LogP contribution is -1.86. The summed E-state index contributed by atoms with van der Waals surface area (Å²) < 4.78 is 4.73. The van der Waals surface area contributed by atoms with Crippen molar-refractivity contribution in [3.8, 4) is 0 Å². The monoisotopic (exact) mass is 146 g/mol. The number of hydrogen-bond donors (Lipinski definition) is 1. The molecule has 0 amide bonds. The van der Waals surface area contributed by atoms with Crippen LogP contribution in [0.2, 0.25) is 5.22 Å². The van der Waals surface area contributed by atoms with Gasteiger partial charge in [0.15, 0.2) is 5.22 Å². The van der Waals surface area contributed by atoms with Crippen molar-refractivity contribution in [3.05, 3.63) is 23.1 Å². The van der Waals surface area contributed by atoms with Gasteiger partial charge >= 0.3 is 0 Å². The molecule has 2 nitrogen and oxygen atoms in total. The van der Waals surface area contributed by atoms with Crippen LogP contribution in [0.25, 0.3) is 0 Å². The third-order valence-corrected chi connectivity index (χ3v) is 1.40. The Bertz CT molecular complexity index is 193. The molecule has 0 saturated carbocycles. The Labute approximate surface area is 58.1 Å². The Hall–Kier alpha value is -0.470. The van der Waals surface area contributed by atoms with Crippen LogP contribution in [-0.2, 0) is 0 Å². The molecular formula is C6H7ClO2. The van der Waals surface area contributed by atoms with Crippen molar-refractivity contribution in [2.24, 2.45) is 0 Å². The topological polar surface area (TPSA) is 33.4 Å². The van der Waals surface area contributed by atoms with E-state index in [0.717, 1.165) is 0 Å². The van der Waals surface area contributed by atoms with Gasteiger partial charge in [0, 0.05) is 5.56 Å². The number of halogens is 1. The van der Waals surface area contributed by atoms with Gasteiger partial charge in [-0.15, -0.1) is 0 Å². The van der Waals surface area contributed by atoms with Crippen LogP contribution in [0.15, 0.2) is 16.7 Å². The van der Waals surface area contributed by atoms with E-state index in [2.05, 4.69) is 0 Å². The van der Waals surface area contributed by atoms with Gasteiger partial charge in [-0.05, 0) is 24.6 Å². The van der Waals surface area contributed by atoms with E-state index in [0.29, 0.717) is 5.56 Å². The fourth-order valence-electron chi connectivity index (χ4n) is 0.604. The molecule has 9 heavy (non-hydrogen) atoms. The molecule has 0 aromatic carbocycles. The lowest BCUT2D eigenvalue weighted by Gasteiger charge is -1.97. The van der Waals surface area contributed by atoms with Gasteiger partial charge in [0.25, 0.3) is 0 Å². The number of hydrogen-bond acceptors (Lipinski definition) is 2. The minimum absolute atomic E-state index is 0.269. The average Bonchev–Trinajstić information content (AvgIpc) is 2.13. The van der Waals surface area contributed by atoms with Gasteiger partial charge in [-0.3, -0.25) is 0 Å². The summed E-state index contributed by atoms with van der Waals surface area (Å²) in [6.07, 6.45) is 0.904. The molecule has 1 unspecified atom stereocenters. The molecule has 0 bridgehead atoms. The first kappa shape index (κ1) is 6.65. The fourth-order valence-corrected chi connectivity index (χ4v) is 0.876. The molecule has 0 aliphatic heterocycles. The maximum absolute atomic E-state index is 8.95. The lowest BCUT2D eigenvalue weighted by molar-refractivity contribution is 0.198. The molecule has 0 radical (unpaired) electrons. The second-order valence-electron chi connectivity index (χ2n) is 1.83. The van der Waals surface area contributed by atoms with Crippen LogP contribution in [-0.4, -0.2) is 5.11 Å². The Morgan fingerprint density at radius 3 is 2.67 bits per heavy atom. The molecule has 50 valence electrons. The largest absolute Gasteiger partial charge is 0.453 e. The van der Waals surface area contributed by atoms with Crippen LogP contribution in [0.1, 0.15) is 18.6 Å². The van der Waals surface area contributed by atoms with E-state index >= 15 is 0 Å². The van der Waals surface area contributed by atoms with Crippen molar-refractivity contribution in [2.75, 3.05) is 0 Å². The SMILES string of the molecule is CC(O)c1ccoc1Cl. The summed E-state index contributed by atoms with van der Waals surface area (Å²) in [5.41, 5.74) is 0.636. The zero-order valence-corrected chi connectivity index (χ0v) is 5.72. The van der Waals surface area contributed by atoms with Gasteiger partial charge in [0.05, 0.1) is 12.4 Å². The Balaban J connectivity index is 2.94. The number of furan rings is 1. The van der Waals surface area contributed by atoms with E-state index in [-0.39, 0.29) is 5.22 Å². The number of rotatable bonds is 1. The zero-order valence-electron chi connectivity index (χ0n) is 4.97. The quantitative estimate of drug-likeness (QED) is 0.657. The molecule has 0 saturated heterocycles. The third-order valence-electron chi connectivity index (χ3n) is 1.10. The molecule has 1 aromatic heterocycles. The lowest BCUT2D eigenvalue weighted by atomic mass is 10.2. The maximum atomic E-state index is 8.95. The summed E-state index contributed by atoms with van der Waals surface area (Å²) in [5, 5.41) is 9.22. The van der Waals surface area contributed by atoms with Crippen molar-refractivity contribution in [2.45, 2.75) is 13.0 Å². The molecule has 1 rings (SSSR count). The highest BCUT2D eigenvalue weighted by Crippen LogP contribution is 2.22. The van der Waals surface area contributed by atoms with E-state index < -0.39 is 6.10 Å². The van der Waals surface area contributed by atoms with Crippen molar-refractivity contribution in [1.82, 2.24) is 0 Å².